The van der Waals surface area contributed by atoms with Crippen LogP contribution in [0.25, 0.3) is 21.5 Å². The van der Waals surface area contributed by atoms with Crippen LogP contribution in [0.5, 0.6) is 5.75 Å². The van der Waals surface area contributed by atoms with Crippen molar-refractivity contribution in [3.05, 3.63) is 54.1 Å². The van der Waals surface area contributed by atoms with E-state index in [4.69, 9.17) is 0 Å². The van der Waals surface area contributed by atoms with Crippen molar-refractivity contribution in [3.63, 3.8) is 0 Å². The van der Waals surface area contributed by atoms with E-state index in [1.54, 1.807) is 6.07 Å². The summed E-state index contributed by atoms with van der Waals surface area (Å²) in [6.45, 7) is -0.0740. The highest BCUT2D eigenvalue weighted by Gasteiger charge is 2.09. The Balaban J connectivity index is 2.59. The standard InChI is InChI=1S/C15H12O2/c16-9-13-12-6-2-1-4-10(12)8-11-5-3-7-14(17)15(11)13/h1-8,16-17H,9H2. The number of hydrogen-bond donors (Lipinski definition) is 2. The maximum atomic E-state index is 9.93. The Labute approximate surface area is 98.7 Å². The lowest BCUT2D eigenvalue weighted by Crippen LogP contribution is -1.89. The fourth-order valence-corrected chi connectivity index (χ4v) is 2.37. The molecule has 0 aromatic heterocycles. The first-order valence-electron chi connectivity index (χ1n) is 5.54. The molecule has 0 atom stereocenters. The Hall–Kier alpha value is -2.06. The monoisotopic (exact) mass is 224 g/mol. The number of rotatable bonds is 1. The Morgan fingerprint density at radius 2 is 1.65 bits per heavy atom. The third-order valence-electron chi connectivity index (χ3n) is 3.13. The van der Waals surface area contributed by atoms with Crippen molar-refractivity contribution in [2.75, 3.05) is 0 Å². The molecule has 2 N–H and O–H groups in total. The van der Waals surface area contributed by atoms with Gasteiger partial charge in [0, 0.05) is 5.39 Å². The summed E-state index contributed by atoms with van der Waals surface area (Å²) in [6, 6.07) is 15.3. The van der Waals surface area contributed by atoms with Gasteiger partial charge in [0.15, 0.2) is 0 Å². The van der Waals surface area contributed by atoms with Crippen LogP contribution in [0.15, 0.2) is 48.5 Å². The van der Waals surface area contributed by atoms with E-state index in [9.17, 15) is 10.2 Å². The molecule has 17 heavy (non-hydrogen) atoms. The van der Waals surface area contributed by atoms with Crippen molar-refractivity contribution in [3.8, 4) is 5.75 Å². The summed E-state index contributed by atoms with van der Waals surface area (Å²) in [7, 11) is 0. The number of aliphatic hydroxyl groups is 1. The molecule has 0 bridgehead atoms. The van der Waals surface area contributed by atoms with Gasteiger partial charge in [-0.2, -0.15) is 0 Å². The molecule has 3 aromatic rings. The van der Waals surface area contributed by atoms with Crippen LogP contribution in [0.2, 0.25) is 0 Å². The number of aromatic hydroxyl groups is 1. The second-order valence-corrected chi connectivity index (χ2v) is 4.11. The summed E-state index contributed by atoms with van der Waals surface area (Å²) >= 11 is 0. The van der Waals surface area contributed by atoms with Gasteiger partial charge in [-0.05, 0) is 33.9 Å². The van der Waals surface area contributed by atoms with Crippen molar-refractivity contribution < 1.29 is 10.2 Å². The topological polar surface area (TPSA) is 40.5 Å². The van der Waals surface area contributed by atoms with E-state index in [-0.39, 0.29) is 12.4 Å². The molecule has 84 valence electrons. The number of phenolic OH excluding ortho intramolecular Hbond substituents is 1. The molecule has 2 heteroatoms. The summed E-state index contributed by atoms with van der Waals surface area (Å²) in [5.41, 5.74) is 0.788. The van der Waals surface area contributed by atoms with Gasteiger partial charge < -0.3 is 10.2 Å². The molecular formula is C15H12O2. The quantitative estimate of drug-likeness (QED) is 0.623. The van der Waals surface area contributed by atoms with Gasteiger partial charge >= 0.3 is 0 Å². The van der Waals surface area contributed by atoms with Crippen LogP contribution < -0.4 is 0 Å². The van der Waals surface area contributed by atoms with Crippen molar-refractivity contribution >= 4 is 21.5 Å². The molecule has 0 radical (unpaired) electrons. The van der Waals surface area contributed by atoms with Crippen molar-refractivity contribution in [1.29, 1.82) is 0 Å². The minimum absolute atomic E-state index is 0.0740. The van der Waals surface area contributed by atoms with Gasteiger partial charge in [-0.1, -0.05) is 36.4 Å². The average Bonchev–Trinajstić information content (AvgIpc) is 2.36. The van der Waals surface area contributed by atoms with Gasteiger partial charge in [0.05, 0.1) is 6.61 Å². The lowest BCUT2D eigenvalue weighted by molar-refractivity contribution is 0.284. The molecule has 3 rings (SSSR count). The van der Waals surface area contributed by atoms with Crippen molar-refractivity contribution in [1.82, 2.24) is 0 Å². The van der Waals surface area contributed by atoms with Gasteiger partial charge in [0.2, 0.25) is 0 Å². The SMILES string of the molecule is OCc1c2ccccc2cc2cccc(O)c12. The van der Waals surface area contributed by atoms with Gasteiger partial charge in [-0.15, -0.1) is 0 Å². The number of fused-ring (bicyclic) bond motifs is 2. The molecule has 0 aliphatic rings. The van der Waals surface area contributed by atoms with Crippen LogP contribution in [0.1, 0.15) is 5.56 Å². The molecule has 0 fully saturated rings. The van der Waals surface area contributed by atoms with E-state index in [1.165, 1.54) is 0 Å². The van der Waals surface area contributed by atoms with Gasteiger partial charge in [-0.25, -0.2) is 0 Å². The maximum absolute atomic E-state index is 9.93. The molecule has 0 heterocycles. The Kier molecular flexibility index (Phi) is 2.23. The first-order chi connectivity index (χ1) is 8.31. The summed E-state index contributed by atoms with van der Waals surface area (Å²) in [5.74, 6) is 0.220. The zero-order valence-corrected chi connectivity index (χ0v) is 9.22. The molecule has 0 amide bonds. The minimum Gasteiger partial charge on any atom is -0.507 e. The molecule has 2 nitrogen and oxygen atoms in total. The van der Waals surface area contributed by atoms with Crippen LogP contribution in [0, 0.1) is 0 Å². The highest BCUT2D eigenvalue weighted by Crippen LogP contribution is 2.33. The first kappa shape index (κ1) is 10.1. The number of aliphatic hydroxyl groups excluding tert-OH is 1. The lowest BCUT2D eigenvalue weighted by Gasteiger charge is -2.10. The fraction of sp³-hybridized carbons (Fsp3) is 0.0667. The number of phenols is 1. The van der Waals surface area contributed by atoms with Gasteiger partial charge in [0.1, 0.15) is 5.75 Å². The van der Waals surface area contributed by atoms with Crippen LogP contribution in [0.4, 0.5) is 0 Å². The number of benzene rings is 3. The van der Waals surface area contributed by atoms with E-state index in [0.717, 1.165) is 27.1 Å². The van der Waals surface area contributed by atoms with Crippen molar-refractivity contribution in [2.24, 2.45) is 0 Å². The first-order valence-corrected chi connectivity index (χ1v) is 5.54. The Morgan fingerprint density at radius 3 is 2.47 bits per heavy atom. The van der Waals surface area contributed by atoms with Crippen LogP contribution in [-0.2, 0) is 6.61 Å². The predicted molar refractivity (Wildman–Crippen MR) is 69.0 cm³/mol. The normalized spacial score (nSPS) is 11.1. The lowest BCUT2D eigenvalue weighted by atomic mass is 9.96. The smallest absolute Gasteiger partial charge is 0.123 e. The Bertz CT molecular complexity index is 702. The number of hydrogen-bond acceptors (Lipinski definition) is 2. The zero-order chi connectivity index (χ0) is 11.8. The largest absolute Gasteiger partial charge is 0.507 e. The molecule has 0 unspecified atom stereocenters. The summed E-state index contributed by atoms with van der Waals surface area (Å²) in [6.07, 6.45) is 0. The van der Waals surface area contributed by atoms with Gasteiger partial charge in [0.25, 0.3) is 0 Å². The molecule has 0 saturated carbocycles. The molecule has 3 aromatic carbocycles. The maximum Gasteiger partial charge on any atom is 0.123 e. The van der Waals surface area contributed by atoms with Crippen LogP contribution in [0.3, 0.4) is 0 Å². The van der Waals surface area contributed by atoms with Crippen molar-refractivity contribution in [2.45, 2.75) is 6.61 Å². The van der Waals surface area contributed by atoms with E-state index >= 15 is 0 Å². The van der Waals surface area contributed by atoms with E-state index in [1.807, 2.05) is 42.5 Å². The second kappa shape index (κ2) is 3.75. The van der Waals surface area contributed by atoms with E-state index in [2.05, 4.69) is 0 Å². The molecular weight excluding hydrogens is 212 g/mol. The highest BCUT2D eigenvalue weighted by molar-refractivity contribution is 6.04. The van der Waals surface area contributed by atoms with E-state index in [0.29, 0.717) is 0 Å². The average molecular weight is 224 g/mol. The predicted octanol–water partition coefficient (Wildman–Crippen LogP) is 3.19. The Morgan fingerprint density at radius 1 is 0.882 bits per heavy atom. The van der Waals surface area contributed by atoms with E-state index < -0.39 is 0 Å². The molecule has 0 aliphatic carbocycles. The summed E-state index contributed by atoms with van der Waals surface area (Å²) in [5, 5.41) is 23.2. The van der Waals surface area contributed by atoms with Crippen LogP contribution in [-0.4, -0.2) is 10.2 Å². The highest BCUT2D eigenvalue weighted by atomic mass is 16.3. The molecule has 0 spiro atoms. The third kappa shape index (κ3) is 1.46. The summed E-state index contributed by atoms with van der Waals surface area (Å²) < 4.78 is 0. The third-order valence-corrected chi connectivity index (χ3v) is 3.13. The fourth-order valence-electron chi connectivity index (χ4n) is 2.37. The summed E-state index contributed by atoms with van der Waals surface area (Å²) in [4.78, 5) is 0. The zero-order valence-electron chi connectivity index (χ0n) is 9.22. The van der Waals surface area contributed by atoms with Gasteiger partial charge in [-0.3, -0.25) is 0 Å². The second-order valence-electron chi connectivity index (χ2n) is 4.11. The van der Waals surface area contributed by atoms with Crippen LogP contribution >= 0.6 is 0 Å². The molecule has 0 aliphatic heterocycles. The minimum atomic E-state index is -0.0740. The molecule has 0 saturated heterocycles.